The van der Waals surface area contributed by atoms with E-state index in [-0.39, 0.29) is 5.76 Å². The lowest BCUT2D eigenvalue weighted by molar-refractivity contribution is 0.0656. The summed E-state index contributed by atoms with van der Waals surface area (Å²) < 4.78 is 10.7. The number of furan rings is 1. The second kappa shape index (κ2) is 6.29. The first-order chi connectivity index (χ1) is 9.20. The number of rotatable bonds is 6. The highest BCUT2D eigenvalue weighted by atomic mass is 32.2. The summed E-state index contributed by atoms with van der Waals surface area (Å²) >= 11 is 1.24. The van der Waals surface area contributed by atoms with Crippen LogP contribution in [0.1, 0.15) is 23.9 Å². The quantitative estimate of drug-likeness (QED) is 0.874. The number of hydrogen-bond donors (Lipinski definition) is 1. The van der Waals surface area contributed by atoms with Crippen molar-refractivity contribution in [1.29, 1.82) is 0 Å². The first kappa shape index (κ1) is 13.5. The molecular formula is C13H13NO4S. The molecule has 0 aliphatic rings. The van der Waals surface area contributed by atoms with Crippen LogP contribution in [0.5, 0.6) is 5.75 Å². The maximum atomic E-state index is 10.7. The standard InChI is InChI=1S/C13H13NO4S/c1-2-8-17-9-4-3-7-14-12(9)19-11-6-5-10(18-11)13(15)16/h3-7H,2,8H2,1H3,(H,15,16). The highest BCUT2D eigenvalue weighted by Crippen LogP contribution is 2.33. The van der Waals surface area contributed by atoms with Gasteiger partial charge in [0, 0.05) is 6.20 Å². The van der Waals surface area contributed by atoms with Crippen molar-refractivity contribution in [2.75, 3.05) is 6.61 Å². The van der Waals surface area contributed by atoms with Crippen LogP contribution in [0.3, 0.4) is 0 Å². The zero-order chi connectivity index (χ0) is 13.7. The van der Waals surface area contributed by atoms with Gasteiger partial charge >= 0.3 is 5.97 Å². The van der Waals surface area contributed by atoms with Crippen molar-refractivity contribution in [2.45, 2.75) is 23.5 Å². The summed E-state index contributed by atoms with van der Waals surface area (Å²) in [6, 6.07) is 6.64. The zero-order valence-corrected chi connectivity index (χ0v) is 11.1. The van der Waals surface area contributed by atoms with Crippen LogP contribution in [0.15, 0.2) is 45.0 Å². The Morgan fingerprint density at radius 2 is 2.32 bits per heavy atom. The fourth-order valence-electron chi connectivity index (χ4n) is 1.36. The monoisotopic (exact) mass is 279 g/mol. The third kappa shape index (κ3) is 3.51. The molecule has 0 radical (unpaired) electrons. The van der Waals surface area contributed by atoms with Crippen molar-refractivity contribution < 1.29 is 19.1 Å². The lowest BCUT2D eigenvalue weighted by Crippen LogP contribution is -1.97. The minimum atomic E-state index is -1.09. The van der Waals surface area contributed by atoms with Crippen molar-refractivity contribution in [3.63, 3.8) is 0 Å². The van der Waals surface area contributed by atoms with Gasteiger partial charge in [0.05, 0.1) is 6.61 Å². The molecule has 0 fully saturated rings. The predicted molar refractivity (Wildman–Crippen MR) is 69.8 cm³/mol. The Morgan fingerprint density at radius 1 is 1.47 bits per heavy atom. The summed E-state index contributed by atoms with van der Waals surface area (Å²) in [6.07, 6.45) is 2.56. The number of aromatic carboxylic acids is 1. The normalized spacial score (nSPS) is 10.4. The molecule has 0 unspecified atom stereocenters. The van der Waals surface area contributed by atoms with Crippen molar-refractivity contribution in [2.24, 2.45) is 0 Å². The highest BCUT2D eigenvalue weighted by Gasteiger charge is 2.13. The number of carboxylic acid groups (broad SMARTS) is 1. The molecule has 0 saturated heterocycles. The molecule has 2 aromatic heterocycles. The van der Waals surface area contributed by atoms with Crippen LogP contribution in [0.2, 0.25) is 0 Å². The van der Waals surface area contributed by atoms with Gasteiger partial charge in [-0.15, -0.1) is 0 Å². The lowest BCUT2D eigenvalue weighted by Gasteiger charge is -2.07. The molecule has 19 heavy (non-hydrogen) atoms. The topological polar surface area (TPSA) is 72.6 Å². The third-order valence-electron chi connectivity index (χ3n) is 2.19. The molecule has 2 rings (SSSR count). The molecule has 2 heterocycles. The molecule has 2 aromatic rings. The number of carbonyl (C=O) groups is 1. The van der Waals surface area contributed by atoms with Gasteiger partial charge in [-0.3, -0.25) is 0 Å². The lowest BCUT2D eigenvalue weighted by atomic mass is 10.4. The van der Waals surface area contributed by atoms with Crippen LogP contribution in [0, 0.1) is 0 Å². The van der Waals surface area contributed by atoms with E-state index in [1.165, 1.54) is 17.8 Å². The Morgan fingerprint density at radius 3 is 3.00 bits per heavy atom. The van der Waals surface area contributed by atoms with Crippen LogP contribution in [-0.2, 0) is 0 Å². The van der Waals surface area contributed by atoms with E-state index in [0.717, 1.165) is 6.42 Å². The van der Waals surface area contributed by atoms with Crippen LogP contribution < -0.4 is 4.74 Å². The molecule has 100 valence electrons. The fraction of sp³-hybridized carbons (Fsp3) is 0.231. The second-order valence-electron chi connectivity index (χ2n) is 3.68. The second-order valence-corrected chi connectivity index (χ2v) is 4.67. The number of aromatic nitrogens is 1. The van der Waals surface area contributed by atoms with Gasteiger partial charge in [0.2, 0.25) is 5.76 Å². The molecule has 0 aliphatic carbocycles. The van der Waals surface area contributed by atoms with E-state index in [9.17, 15) is 4.79 Å². The van der Waals surface area contributed by atoms with Crippen molar-refractivity contribution in [1.82, 2.24) is 4.98 Å². The van der Waals surface area contributed by atoms with Crippen molar-refractivity contribution in [3.8, 4) is 5.75 Å². The van der Waals surface area contributed by atoms with E-state index in [0.29, 0.717) is 22.5 Å². The first-order valence-corrected chi connectivity index (χ1v) is 6.61. The third-order valence-corrected chi connectivity index (χ3v) is 3.11. The van der Waals surface area contributed by atoms with Crippen LogP contribution in [0.25, 0.3) is 0 Å². The van der Waals surface area contributed by atoms with E-state index >= 15 is 0 Å². The van der Waals surface area contributed by atoms with Crippen LogP contribution in [0.4, 0.5) is 0 Å². The van der Waals surface area contributed by atoms with Gasteiger partial charge in [-0.25, -0.2) is 9.78 Å². The molecule has 0 bridgehead atoms. The van der Waals surface area contributed by atoms with Crippen LogP contribution in [-0.4, -0.2) is 22.7 Å². The molecule has 6 heteroatoms. The predicted octanol–water partition coefficient (Wildman–Crippen LogP) is 3.31. The highest BCUT2D eigenvalue weighted by molar-refractivity contribution is 7.99. The molecule has 1 N–H and O–H groups in total. The maximum Gasteiger partial charge on any atom is 0.371 e. The maximum absolute atomic E-state index is 10.7. The summed E-state index contributed by atoms with van der Waals surface area (Å²) in [7, 11) is 0. The van der Waals surface area contributed by atoms with Crippen molar-refractivity contribution >= 4 is 17.7 Å². The summed E-state index contributed by atoms with van der Waals surface area (Å²) in [6.45, 7) is 2.63. The van der Waals surface area contributed by atoms with Gasteiger partial charge in [-0.1, -0.05) is 6.92 Å². The Hall–Kier alpha value is -1.95. The summed E-state index contributed by atoms with van der Waals surface area (Å²) in [4.78, 5) is 14.9. The number of pyridine rings is 1. The van der Waals surface area contributed by atoms with Gasteiger partial charge < -0.3 is 14.3 Å². The van der Waals surface area contributed by atoms with Gasteiger partial charge in [0.15, 0.2) is 10.8 Å². The van der Waals surface area contributed by atoms with E-state index in [1.54, 1.807) is 18.3 Å². The Kier molecular flexibility index (Phi) is 4.46. The molecule has 0 aliphatic heterocycles. The smallest absolute Gasteiger partial charge is 0.371 e. The van der Waals surface area contributed by atoms with E-state index < -0.39 is 5.97 Å². The average molecular weight is 279 g/mol. The van der Waals surface area contributed by atoms with Gasteiger partial charge in [0.25, 0.3) is 0 Å². The minimum Gasteiger partial charge on any atom is -0.491 e. The summed E-state index contributed by atoms with van der Waals surface area (Å²) in [5.74, 6) is -0.507. The van der Waals surface area contributed by atoms with E-state index in [4.69, 9.17) is 14.3 Å². The summed E-state index contributed by atoms with van der Waals surface area (Å²) in [5, 5.41) is 9.92. The van der Waals surface area contributed by atoms with Gasteiger partial charge in [0.1, 0.15) is 5.03 Å². The number of hydrogen-bond acceptors (Lipinski definition) is 5. The molecule has 0 spiro atoms. The first-order valence-electron chi connectivity index (χ1n) is 5.79. The zero-order valence-electron chi connectivity index (χ0n) is 10.3. The molecule has 0 amide bonds. The van der Waals surface area contributed by atoms with Gasteiger partial charge in [-0.2, -0.15) is 0 Å². The molecule has 5 nitrogen and oxygen atoms in total. The Labute approximate surface area is 114 Å². The van der Waals surface area contributed by atoms with E-state index in [1.807, 2.05) is 13.0 Å². The van der Waals surface area contributed by atoms with Crippen LogP contribution >= 0.6 is 11.8 Å². The SMILES string of the molecule is CCCOc1cccnc1Sc1ccc(C(=O)O)o1. The largest absolute Gasteiger partial charge is 0.491 e. The molecule has 0 atom stereocenters. The molecule has 0 saturated carbocycles. The number of carboxylic acids is 1. The van der Waals surface area contributed by atoms with Gasteiger partial charge in [-0.05, 0) is 42.4 Å². The Bertz CT molecular complexity index is 567. The summed E-state index contributed by atoms with van der Waals surface area (Å²) in [5.41, 5.74) is 0. The average Bonchev–Trinajstić information content (AvgIpc) is 2.86. The fourth-order valence-corrected chi connectivity index (χ4v) is 2.16. The number of nitrogens with zero attached hydrogens (tertiary/aromatic N) is 1. The van der Waals surface area contributed by atoms with E-state index in [2.05, 4.69) is 4.98 Å². The van der Waals surface area contributed by atoms with Crippen molar-refractivity contribution in [3.05, 3.63) is 36.2 Å². The Balaban J connectivity index is 2.15. The molecule has 0 aromatic carbocycles. The molecular weight excluding hydrogens is 266 g/mol. The number of ether oxygens (including phenoxy) is 1. The minimum absolute atomic E-state index is 0.0885.